The summed E-state index contributed by atoms with van der Waals surface area (Å²) < 4.78 is 4.26. The summed E-state index contributed by atoms with van der Waals surface area (Å²) in [5, 5.41) is 19.0. The fourth-order valence-corrected chi connectivity index (χ4v) is 1.51. The smallest absolute Gasteiger partial charge is 0.350 e. The SMILES string of the molecule is O=CC1=C(O)C2=C(C=C(O)C1)C(=O)OC2=O. The summed E-state index contributed by atoms with van der Waals surface area (Å²) in [7, 11) is 0. The Morgan fingerprint density at radius 2 is 1.94 bits per heavy atom. The molecule has 16 heavy (non-hydrogen) atoms. The van der Waals surface area contributed by atoms with Crippen molar-refractivity contribution in [2.24, 2.45) is 0 Å². The molecule has 2 rings (SSSR count). The number of carbonyl (C=O) groups is 3. The van der Waals surface area contributed by atoms with Gasteiger partial charge in [0.05, 0.1) is 11.3 Å². The van der Waals surface area contributed by atoms with E-state index in [-0.39, 0.29) is 28.9 Å². The van der Waals surface area contributed by atoms with Gasteiger partial charge in [0.2, 0.25) is 0 Å². The zero-order valence-electron chi connectivity index (χ0n) is 7.89. The first-order valence-electron chi connectivity index (χ1n) is 4.32. The first kappa shape index (κ1) is 10.2. The predicted molar refractivity (Wildman–Crippen MR) is 49.2 cm³/mol. The van der Waals surface area contributed by atoms with E-state index in [1.807, 2.05) is 0 Å². The second-order valence-electron chi connectivity index (χ2n) is 3.27. The minimum atomic E-state index is -1.03. The summed E-state index contributed by atoms with van der Waals surface area (Å²) in [5.41, 5.74) is -0.793. The van der Waals surface area contributed by atoms with Gasteiger partial charge in [-0.25, -0.2) is 9.59 Å². The van der Waals surface area contributed by atoms with E-state index in [0.29, 0.717) is 6.29 Å². The number of aliphatic hydroxyl groups excluding tert-OH is 2. The lowest BCUT2D eigenvalue weighted by atomic mass is 10.1. The molecule has 0 spiro atoms. The largest absolute Gasteiger partial charge is 0.512 e. The molecule has 1 aliphatic heterocycles. The maximum atomic E-state index is 11.2. The van der Waals surface area contributed by atoms with Crippen molar-refractivity contribution in [1.82, 2.24) is 0 Å². The molecule has 0 saturated carbocycles. The van der Waals surface area contributed by atoms with Gasteiger partial charge in [-0.1, -0.05) is 0 Å². The van der Waals surface area contributed by atoms with E-state index < -0.39 is 17.7 Å². The van der Waals surface area contributed by atoms with Crippen molar-refractivity contribution in [2.45, 2.75) is 6.42 Å². The average molecular weight is 222 g/mol. The van der Waals surface area contributed by atoms with Crippen LogP contribution in [0, 0.1) is 0 Å². The van der Waals surface area contributed by atoms with Crippen LogP contribution in [-0.4, -0.2) is 28.4 Å². The Bertz CT molecular complexity index is 505. The Kier molecular flexibility index (Phi) is 2.12. The summed E-state index contributed by atoms with van der Waals surface area (Å²) >= 11 is 0. The first-order valence-corrected chi connectivity index (χ1v) is 4.32. The van der Waals surface area contributed by atoms with Gasteiger partial charge in [-0.3, -0.25) is 4.79 Å². The van der Waals surface area contributed by atoms with E-state index in [2.05, 4.69) is 4.74 Å². The van der Waals surface area contributed by atoms with Crippen LogP contribution in [-0.2, 0) is 19.1 Å². The first-order chi connectivity index (χ1) is 7.54. The molecule has 0 atom stereocenters. The third kappa shape index (κ3) is 1.31. The Hall–Kier alpha value is -2.37. The summed E-state index contributed by atoms with van der Waals surface area (Å²) in [6.07, 6.45) is 1.09. The van der Waals surface area contributed by atoms with Crippen LogP contribution >= 0.6 is 0 Å². The van der Waals surface area contributed by atoms with E-state index in [4.69, 9.17) is 0 Å². The molecule has 0 amide bonds. The lowest BCUT2D eigenvalue weighted by molar-refractivity contribution is -0.150. The molecule has 1 aliphatic carbocycles. The number of rotatable bonds is 1. The van der Waals surface area contributed by atoms with Crippen molar-refractivity contribution in [3.05, 3.63) is 34.3 Å². The maximum Gasteiger partial charge on any atom is 0.350 e. The van der Waals surface area contributed by atoms with Gasteiger partial charge in [-0.05, 0) is 6.08 Å². The number of carbonyl (C=O) groups excluding carboxylic acids is 3. The molecular formula is C10H6O6. The quantitative estimate of drug-likeness (QED) is 0.374. The third-order valence-corrected chi connectivity index (χ3v) is 2.24. The molecule has 2 aliphatic rings. The van der Waals surface area contributed by atoms with Crippen molar-refractivity contribution in [3.8, 4) is 0 Å². The Morgan fingerprint density at radius 1 is 1.25 bits per heavy atom. The summed E-state index contributed by atoms with van der Waals surface area (Å²) in [5.74, 6) is -2.90. The van der Waals surface area contributed by atoms with Gasteiger partial charge in [0.15, 0.2) is 0 Å². The van der Waals surface area contributed by atoms with Gasteiger partial charge < -0.3 is 14.9 Å². The Balaban J connectivity index is 2.70. The van der Waals surface area contributed by atoms with Gasteiger partial charge in [0, 0.05) is 12.0 Å². The maximum absolute atomic E-state index is 11.2. The lowest BCUT2D eigenvalue weighted by Gasteiger charge is -2.01. The molecular weight excluding hydrogens is 216 g/mol. The highest BCUT2D eigenvalue weighted by molar-refractivity contribution is 6.16. The monoisotopic (exact) mass is 222 g/mol. The highest BCUT2D eigenvalue weighted by Gasteiger charge is 2.37. The normalized spacial score (nSPS) is 20.4. The molecule has 2 N–H and O–H groups in total. The highest BCUT2D eigenvalue weighted by atomic mass is 16.6. The number of cyclic esters (lactones) is 2. The van der Waals surface area contributed by atoms with Crippen molar-refractivity contribution in [1.29, 1.82) is 0 Å². The highest BCUT2D eigenvalue weighted by Crippen LogP contribution is 2.30. The molecule has 0 radical (unpaired) electrons. The van der Waals surface area contributed by atoms with Gasteiger partial charge >= 0.3 is 11.9 Å². The molecule has 0 aromatic carbocycles. The molecule has 0 aromatic heterocycles. The predicted octanol–water partition coefficient (Wildman–Crippen LogP) is 0.223. The molecule has 0 aromatic rings. The van der Waals surface area contributed by atoms with E-state index >= 15 is 0 Å². The second kappa shape index (κ2) is 3.34. The zero-order chi connectivity index (χ0) is 11.9. The number of aldehydes is 1. The van der Waals surface area contributed by atoms with E-state index in [0.717, 1.165) is 6.08 Å². The minimum Gasteiger partial charge on any atom is -0.512 e. The van der Waals surface area contributed by atoms with Crippen LogP contribution < -0.4 is 0 Å². The minimum absolute atomic E-state index is 0.176. The second-order valence-corrected chi connectivity index (χ2v) is 3.27. The molecule has 0 fully saturated rings. The zero-order valence-corrected chi connectivity index (χ0v) is 7.89. The van der Waals surface area contributed by atoms with E-state index in [1.165, 1.54) is 0 Å². The van der Waals surface area contributed by atoms with Crippen LogP contribution in [0.15, 0.2) is 34.3 Å². The van der Waals surface area contributed by atoms with Crippen LogP contribution in [0.1, 0.15) is 6.42 Å². The van der Waals surface area contributed by atoms with Crippen LogP contribution in [0.3, 0.4) is 0 Å². The van der Waals surface area contributed by atoms with Gasteiger partial charge in [-0.15, -0.1) is 0 Å². The lowest BCUT2D eigenvalue weighted by Crippen LogP contribution is -2.06. The van der Waals surface area contributed by atoms with Crippen LogP contribution in [0.4, 0.5) is 0 Å². The van der Waals surface area contributed by atoms with Crippen molar-refractivity contribution in [3.63, 3.8) is 0 Å². The van der Waals surface area contributed by atoms with E-state index in [9.17, 15) is 24.6 Å². The van der Waals surface area contributed by atoms with Gasteiger partial charge in [0.25, 0.3) is 0 Å². The molecule has 6 heteroatoms. The fourth-order valence-electron chi connectivity index (χ4n) is 1.51. The van der Waals surface area contributed by atoms with Crippen molar-refractivity contribution < 1.29 is 29.3 Å². The Morgan fingerprint density at radius 3 is 2.56 bits per heavy atom. The topological polar surface area (TPSA) is 101 Å². The van der Waals surface area contributed by atoms with Crippen molar-refractivity contribution >= 4 is 18.2 Å². The molecule has 0 bridgehead atoms. The number of hydrogen-bond acceptors (Lipinski definition) is 6. The molecule has 0 saturated heterocycles. The standard InChI is InChI=1S/C10H6O6/c11-3-4-1-5(12)2-6-7(8(4)13)10(15)16-9(6)14/h2-3,12-13H,1H2. The third-order valence-electron chi connectivity index (χ3n) is 2.24. The number of esters is 2. The molecule has 1 heterocycles. The number of allylic oxidation sites excluding steroid dienone is 1. The summed E-state index contributed by atoms with van der Waals surface area (Å²) in [4.78, 5) is 33.0. The fraction of sp³-hybridized carbons (Fsp3) is 0.100. The summed E-state index contributed by atoms with van der Waals surface area (Å²) in [6, 6.07) is 0. The molecule has 6 nitrogen and oxygen atoms in total. The number of aliphatic hydroxyl groups is 2. The van der Waals surface area contributed by atoms with Crippen molar-refractivity contribution in [2.75, 3.05) is 0 Å². The van der Waals surface area contributed by atoms with Crippen LogP contribution in [0.5, 0.6) is 0 Å². The average Bonchev–Trinajstić information content (AvgIpc) is 2.42. The van der Waals surface area contributed by atoms with E-state index in [1.54, 1.807) is 0 Å². The van der Waals surface area contributed by atoms with Crippen LogP contribution in [0.25, 0.3) is 0 Å². The van der Waals surface area contributed by atoms with Gasteiger partial charge in [0.1, 0.15) is 17.6 Å². The van der Waals surface area contributed by atoms with Gasteiger partial charge in [-0.2, -0.15) is 0 Å². The molecule has 82 valence electrons. The number of hydrogen-bond donors (Lipinski definition) is 2. The van der Waals surface area contributed by atoms with Crippen LogP contribution in [0.2, 0.25) is 0 Å². The Labute approximate surface area is 89.1 Å². The molecule has 0 unspecified atom stereocenters. The number of ether oxygens (including phenoxy) is 1. The summed E-state index contributed by atoms with van der Waals surface area (Å²) in [6.45, 7) is 0.